The van der Waals surface area contributed by atoms with Crippen LogP contribution >= 0.6 is 11.6 Å². The van der Waals surface area contributed by atoms with Crippen molar-refractivity contribution in [3.05, 3.63) is 76.3 Å². The van der Waals surface area contributed by atoms with E-state index in [0.717, 1.165) is 4.90 Å². The maximum absolute atomic E-state index is 12.8. The van der Waals surface area contributed by atoms with Crippen LogP contribution in [-0.2, 0) is 9.59 Å². The van der Waals surface area contributed by atoms with Gasteiger partial charge in [0.15, 0.2) is 0 Å². The highest BCUT2D eigenvalue weighted by molar-refractivity contribution is 6.47. The third kappa shape index (κ3) is 3.75. The minimum absolute atomic E-state index is 0.0769. The summed E-state index contributed by atoms with van der Waals surface area (Å²) in [4.78, 5) is 28.2. The van der Waals surface area contributed by atoms with E-state index >= 15 is 0 Å². The number of likely N-dealkylation sites (N-methyl/N-ethyl adjacent to an activating group) is 1. The SMILES string of the molecule is C[NH+](C)CCN1C(=O)C(=O)C(=C(O)c2ccccc2)[C@@H]1c1ccccc1Cl. The van der Waals surface area contributed by atoms with Gasteiger partial charge in [0, 0.05) is 10.6 Å². The average Bonchev–Trinajstić information content (AvgIpc) is 2.91. The number of quaternary nitrogens is 1. The van der Waals surface area contributed by atoms with Crippen LogP contribution in [0.1, 0.15) is 17.2 Å². The second-order valence-electron chi connectivity index (χ2n) is 6.84. The number of aliphatic hydroxyl groups excluding tert-OH is 1. The van der Waals surface area contributed by atoms with Gasteiger partial charge in [-0.3, -0.25) is 9.59 Å². The molecular weight excluding hydrogens is 364 g/mol. The molecule has 0 spiro atoms. The smallest absolute Gasteiger partial charge is 0.295 e. The highest BCUT2D eigenvalue weighted by Crippen LogP contribution is 2.41. The van der Waals surface area contributed by atoms with E-state index in [2.05, 4.69) is 0 Å². The Bertz CT molecular complexity index is 893. The molecule has 0 saturated carbocycles. The Kier molecular flexibility index (Phi) is 5.63. The lowest BCUT2D eigenvalue weighted by Gasteiger charge is -2.26. The minimum Gasteiger partial charge on any atom is -0.507 e. The van der Waals surface area contributed by atoms with E-state index in [4.69, 9.17) is 11.6 Å². The number of hydrogen-bond donors (Lipinski definition) is 2. The van der Waals surface area contributed by atoms with Crippen molar-refractivity contribution in [1.82, 2.24) is 4.90 Å². The Morgan fingerprint density at radius 1 is 1.07 bits per heavy atom. The summed E-state index contributed by atoms with van der Waals surface area (Å²) in [5.41, 5.74) is 1.20. The van der Waals surface area contributed by atoms with Gasteiger partial charge in [0.2, 0.25) is 0 Å². The molecule has 0 radical (unpaired) electrons. The number of carbonyl (C=O) groups excluding carboxylic acids is 2. The van der Waals surface area contributed by atoms with Crippen LogP contribution in [0, 0.1) is 0 Å². The summed E-state index contributed by atoms with van der Waals surface area (Å²) in [6, 6.07) is 15.2. The van der Waals surface area contributed by atoms with Crippen LogP contribution in [0.15, 0.2) is 60.2 Å². The average molecular weight is 386 g/mol. The van der Waals surface area contributed by atoms with Crippen molar-refractivity contribution >= 4 is 29.1 Å². The van der Waals surface area contributed by atoms with Gasteiger partial charge in [0.1, 0.15) is 5.76 Å². The van der Waals surface area contributed by atoms with Crippen molar-refractivity contribution in [2.24, 2.45) is 0 Å². The molecule has 2 N–H and O–H groups in total. The first-order valence-corrected chi connectivity index (χ1v) is 9.17. The maximum Gasteiger partial charge on any atom is 0.295 e. The molecule has 1 fully saturated rings. The summed E-state index contributed by atoms with van der Waals surface area (Å²) in [6.45, 7) is 1.05. The number of Topliss-reactive ketones (excluding diaryl/α,β-unsaturated/α-hetero) is 1. The Hall–Kier alpha value is -2.63. The molecule has 1 saturated heterocycles. The van der Waals surface area contributed by atoms with Crippen molar-refractivity contribution in [2.45, 2.75) is 6.04 Å². The Morgan fingerprint density at radius 2 is 1.70 bits per heavy atom. The summed E-state index contributed by atoms with van der Waals surface area (Å²) >= 11 is 6.39. The van der Waals surface area contributed by atoms with Crippen molar-refractivity contribution < 1.29 is 19.6 Å². The molecule has 0 bridgehead atoms. The van der Waals surface area contributed by atoms with Gasteiger partial charge in [0.05, 0.1) is 38.8 Å². The Morgan fingerprint density at radius 3 is 2.33 bits per heavy atom. The highest BCUT2D eigenvalue weighted by Gasteiger charge is 2.46. The van der Waals surface area contributed by atoms with Crippen LogP contribution in [-0.4, -0.2) is 48.9 Å². The molecule has 1 atom stereocenters. The summed E-state index contributed by atoms with van der Waals surface area (Å²) in [5.74, 6) is -1.48. The number of carbonyl (C=O) groups is 2. The highest BCUT2D eigenvalue weighted by atomic mass is 35.5. The van der Waals surface area contributed by atoms with E-state index < -0.39 is 17.7 Å². The van der Waals surface area contributed by atoms with Crippen LogP contribution < -0.4 is 4.90 Å². The van der Waals surface area contributed by atoms with E-state index in [1.165, 1.54) is 4.90 Å². The molecule has 1 aliphatic rings. The summed E-state index contributed by atoms with van der Waals surface area (Å²) in [5, 5.41) is 11.3. The summed E-state index contributed by atoms with van der Waals surface area (Å²) < 4.78 is 0. The van der Waals surface area contributed by atoms with Gasteiger partial charge in [-0.2, -0.15) is 0 Å². The number of likely N-dealkylation sites (tertiary alicyclic amines) is 1. The normalized spacial score (nSPS) is 19.1. The van der Waals surface area contributed by atoms with E-state index in [0.29, 0.717) is 29.2 Å². The standard InChI is InChI=1S/C21H21ClN2O3/c1-23(2)12-13-24-18(15-10-6-7-11-16(15)22)17(20(26)21(24)27)19(25)14-8-4-3-5-9-14/h3-11,18,25H,12-13H2,1-2H3/p+1/t18-/m0/s1. The zero-order valence-electron chi connectivity index (χ0n) is 15.3. The fraction of sp³-hybridized carbons (Fsp3) is 0.238. The number of nitrogens with one attached hydrogen (secondary N) is 1. The van der Waals surface area contributed by atoms with Crippen molar-refractivity contribution in [1.29, 1.82) is 0 Å². The third-order valence-corrected chi connectivity index (χ3v) is 4.98. The zero-order valence-corrected chi connectivity index (χ0v) is 16.0. The molecular formula is C21H22ClN2O3+. The number of nitrogens with zero attached hydrogens (tertiary/aromatic N) is 1. The number of aliphatic hydroxyl groups is 1. The molecule has 6 heteroatoms. The van der Waals surface area contributed by atoms with Gasteiger partial charge in [-0.1, -0.05) is 60.1 Å². The number of rotatable bonds is 5. The molecule has 140 valence electrons. The van der Waals surface area contributed by atoms with Crippen LogP contribution in [0.2, 0.25) is 5.02 Å². The van der Waals surface area contributed by atoms with Gasteiger partial charge in [-0.25, -0.2) is 0 Å². The Labute approximate surface area is 163 Å². The molecule has 1 amide bonds. The van der Waals surface area contributed by atoms with Gasteiger partial charge in [-0.15, -0.1) is 0 Å². The van der Waals surface area contributed by atoms with Crippen LogP contribution in [0.25, 0.3) is 5.76 Å². The lowest BCUT2D eigenvalue weighted by Crippen LogP contribution is -3.06. The van der Waals surface area contributed by atoms with E-state index in [-0.39, 0.29) is 11.3 Å². The van der Waals surface area contributed by atoms with E-state index in [1.807, 2.05) is 20.2 Å². The van der Waals surface area contributed by atoms with Gasteiger partial charge in [-0.05, 0) is 11.6 Å². The van der Waals surface area contributed by atoms with Crippen molar-refractivity contribution in [3.63, 3.8) is 0 Å². The van der Waals surface area contributed by atoms with Crippen LogP contribution in [0.4, 0.5) is 0 Å². The van der Waals surface area contributed by atoms with E-state index in [1.54, 1.807) is 48.5 Å². The molecule has 5 nitrogen and oxygen atoms in total. The molecule has 0 aromatic heterocycles. The largest absolute Gasteiger partial charge is 0.507 e. The molecule has 0 unspecified atom stereocenters. The molecule has 3 rings (SSSR count). The van der Waals surface area contributed by atoms with Crippen LogP contribution in [0.3, 0.4) is 0 Å². The molecule has 1 aliphatic heterocycles. The maximum atomic E-state index is 12.8. The van der Waals surface area contributed by atoms with Crippen LogP contribution in [0.5, 0.6) is 0 Å². The molecule has 27 heavy (non-hydrogen) atoms. The Balaban J connectivity index is 2.17. The van der Waals surface area contributed by atoms with Crippen molar-refractivity contribution in [2.75, 3.05) is 27.2 Å². The lowest BCUT2D eigenvalue weighted by molar-refractivity contribution is -0.857. The monoisotopic (exact) mass is 385 g/mol. The lowest BCUT2D eigenvalue weighted by atomic mass is 9.95. The van der Waals surface area contributed by atoms with Gasteiger partial charge >= 0.3 is 0 Å². The first-order valence-electron chi connectivity index (χ1n) is 8.79. The second-order valence-corrected chi connectivity index (χ2v) is 7.24. The van der Waals surface area contributed by atoms with Crippen molar-refractivity contribution in [3.8, 4) is 0 Å². The fourth-order valence-electron chi connectivity index (χ4n) is 3.23. The number of halogens is 1. The topological polar surface area (TPSA) is 62.0 Å². The molecule has 2 aromatic carbocycles. The van der Waals surface area contributed by atoms with Gasteiger partial charge < -0.3 is 14.9 Å². The first kappa shape index (κ1) is 19.1. The summed E-state index contributed by atoms with van der Waals surface area (Å²) in [7, 11) is 3.95. The van der Waals surface area contributed by atoms with Gasteiger partial charge in [0.25, 0.3) is 11.7 Å². The van der Waals surface area contributed by atoms with E-state index in [9.17, 15) is 14.7 Å². The fourth-order valence-corrected chi connectivity index (χ4v) is 3.47. The second kappa shape index (κ2) is 7.94. The minimum atomic E-state index is -0.710. The molecule has 1 heterocycles. The quantitative estimate of drug-likeness (QED) is 0.469. The first-order chi connectivity index (χ1) is 12.9. The number of ketones is 1. The number of hydrogen-bond acceptors (Lipinski definition) is 3. The summed E-state index contributed by atoms with van der Waals surface area (Å²) in [6.07, 6.45) is 0. The predicted molar refractivity (Wildman–Crippen MR) is 105 cm³/mol. The number of benzene rings is 2. The predicted octanol–water partition coefficient (Wildman–Crippen LogP) is 1.91. The third-order valence-electron chi connectivity index (χ3n) is 4.64. The molecule has 0 aliphatic carbocycles. The molecule has 2 aromatic rings. The zero-order chi connectivity index (χ0) is 19.6. The number of amides is 1.